The first kappa shape index (κ1) is 23.1. The predicted octanol–water partition coefficient (Wildman–Crippen LogP) is 6.57. The molecule has 0 radical (unpaired) electrons. The normalized spacial score (nSPS) is 15.5. The molecule has 0 aliphatic carbocycles. The van der Waals surface area contributed by atoms with E-state index in [1.807, 2.05) is 72.8 Å². The van der Waals surface area contributed by atoms with Gasteiger partial charge in [0.15, 0.2) is 5.92 Å². The number of nitrogens with zero attached hydrogens (tertiary/aromatic N) is 1. The number of rotatable bonds is 5. The summed E-state index contributed by atoms with van der Waals surface area (Å²) in [5.41, 5.74) is 5.69. The lowest BCUT2D eigenvalue weighted by Crippen LogP contribution is -2.46. The molecular formula is C29H24BrNO4. The highest BCUT2D eigenvalue weighted by Gasteiger charge is 2.43. The van der Waals surface area contributed by atoms with E-state index >= 15 is 0 Å². The standard InChI is InChI=1S/C29H24BrNO4/c1-29(2)34-27(32)24(28(33)35-29)17-21-18-25(19-9-5-3-6-10-19)31(23-15-13-22(30)14-16-23)26(21)20-11-7-4-8-12-20/h3-16,18,24H,17H2,1-2H3. The van der Waals surface area contributed by atoms with Crippen molar-refractivity contribution in [1.29, 1.82) is 0 Å². The van der Waals surface area contributed by atoms with Crippen molar-refractivity contribution in [1.82, 2.24) is 4.57 Å². The van der Waals surface area contributed by atoms with Crippen molar-refractivity contribution in [3.05, 3.63) is 101 Å². The Bertz CT molecular complexity index is 1360. The van der Waals surface area contributed by atoms with Crippen LogP contribution >= 0.6 is 15.9 Å². The highest BCUT2D eigenvalue weighted by Crippen LogP contribution is 2.38. The first-order chi connectivity index (χ1) is 16.8. The Morgan fingerprint density at radius 3 is 1.91 bits per heavy atom. The fourth-order valence-corrected chi connectivity index (χ4v) is 4.70. The quantitative estimate of drug-likeness (QED) is 0.216. The number of halogens is 1. The Labute approximate surface area is 212 Å². The molecule has 35 heavy (non-hydrogen) atoms. The lowest BCUT2D eigenvalue weighted by Gasteiger charge is -2.32. The van der Waals surface area contributed by atoms with Gasteiger partial charge >= 0.3 is 11.9 Å². The summed E-state index contributed by atoms with van der Waals surface area (Å²) in [6, 6.07) is 30.2. The minimum absolute atomic E-state index is 0.168. The second-order valence-corrected chi connectivity index (χ2v) is 9.86. The Kier molecular flexibility index (Phi) is 6.07. The van der Waals surface area contributed by atoms with Gasteiger partial charge < -0.3 is 14.0 Å². The van der Waals surface area contributed by atoms with Crippen LogP contribution in [-0.2, 0) is 25.5 Å². The monoisotopic (exact) mass is 529 g/mol. The lowest BCUT2D eigenvalue weighted by molar-refractivity contribution is -0.239. The van der Waals surface area contributed by atoms with Crippen molar-refractivity contribution in [2.45, 2.75) is 26.1 Å². The van der Waals surface area contributed by atoms with Crippen molar-refractivity contribution in [2.75, 3.05) is 0 Å². The van der Waals surface area contributed by atoms with E-state index in [0.29, 0.717) is 0 Å². The molecule has 1 fully saturated rings. The van der Waals surface area contributed by atoms with Gasteiger partial charge in [-0.1, -0.05) is 76.6 Å². The SMILES string of the molecule is CC1(C)OC(=O)C(Cc2cc(-c3ccccc3)n(-c3ccc(Br)cc3)c2-c2ccccc2)C(=O)O1. The zero-order chi connectivity index (χ0) is 24.6. The maximum atomic E-state index is 12.8. The molecule has 1 aromatic heterocycles. The maximum Gasteiger partial charge on any atom is 0.323 e. The summed E-state index contributed by atoms with van der Waals surface area (Å²) in [6.45, 7) is 3.12. The third-order valence-electron chi connectivity index (χ3n) is 5.97. The van der Waals surface area contributed by atoms with E-state index in [9.17, 15) is 9.59 Å². The summed E-state index contributed by atoms with van der Waals surface area (Å²) in [7, 11) is 0. The van der Waals surface area contributed by atoms with Crippen molar-refractivity contribution < 1.29 is 19.1 Å². The summed E-state index contributed by atoms with van der Waals surface area (Å²) in [4.78, 5) is 25.6. The first-order valence-corrected chi connectivity index (χ1v) is 12.2. The van der Waals surface area contributed by atoms with Crippen LogP contribution in [0.3, 0.4) is 0 Å². The van der Waals surface area contributed by atoms with Gasteiger partial charge in [0, 0.05) is 24.0 Å². The molecule has 2 heterocycles. The molecule has 0 atom stereocenters. The zero-order valence-electron chi connectivity index (χ0n) is 19.4. The number of aromatic nitrogens is 1. The average molecular weight is 530 g/mol. The molecule has 0 saturated carbocycles. The topological polar surface area (TPSA) is 57.5 Å². The largest absolute Gasteiger partial charge is 0.422 e. The van der Waals surface area contributed by atoms with Crippen molar-refractivity contribution in [3.8, 4) is 28.2 Å². The Morgan fingerprint density at radius 2 is 1.34 bits per heavy atom. The predicted molar refractivity (Wildman–Crippen MR) is 138 cm³/mol. The van der Waals surface area contributed by atoms with E-state index in [0.717, 1.165) is 38.2 Å². The van der Waals surface area contributed by atoms with E-state index in [1.54, 1.807) is 13.8 Å². The summed E-state index contributed by atoms with van der Waals surface area (Å²) in [5, 5.41) is 0. The van der Waals surface area contributed by atoms with Gasteiger partial charge in [0.05, 0.1) is 11.4 Å². The highest BCUT2D eigenvalue weighted by atomic mass is 79.9. The summed E-state index contributed by atoms with van der Waals surface area (Å²) >= 11 is 3.53. The smallest absolute Gasteiger partial charge is 0.323 e. The second kappa shape index (κ2) is 9.19. The molecule has 6 heteroatoms. The van der Waals surface area contributed by atoms with Crippen molar-refractivity contribution >= 4 is 27.9 Å². The van der Waals surface area contributed by atoms with Gasteiger partial charge in [-0.15, -0.1) is 0 Å². The minimum atomic E-state index is -1.26. The number of cyclic esters (lactones) is 2. The van der Waals surface area contributed by atoms with Gasteiger partial charge in [0.2, 0.25) is 0 Å². The van der Waals surface area contributed by atoms with Crippen molar-refractivity contribution in [2.24, 2.45) is 5.92 Å². The number of esters is 2. The molecule has 1 saturated heterocycles. The number of hydrogen-bond acceptors (Lipinski definition) is 4. The molecule has 1 aliphatic rings. The number of benzene rings is 3. The van der Waals surface area contributed by atoms with Crippen LogP contribution in [0.1, 0.15) is 19.4 Å². The fourth-order valence-electron chi connectivity index (χ4n) is 4.44. The summed E-state index contributed by atoms with van der Waals surface area (Å²) in [6.07, 6.45) is 0.168. The van der Waals surface area contributed by atoms with Crippen LogP contribution in [0, 0.1) is 5.92 Å². The van der Waals surface area contributed by atoms with Crippen LogP contribution in [0.25, 0.3) is 28.2 Å². The fraction of sp³-hybridized carbons (Fsp3) is 0.172. The van der Waals surface area contributed by atoms with Gasteiger partial charge in [-0.25, -0.2) is 0 Å². The van der Waals surface area contributed by atoms with Gasteiger partial charge in [-0.3, -0.25) is 9.59 Å². The van der Waals surface area contributed by atoms with Crippen LogP contribution in [0.2, 0.25) is 0 Å². The van der Waals surface area contributed by atoms with Crippen molar-refractivity contribution in [3.63, 3.8) is 0 Å². The molecule has 0 unspecified atom stereocenters. The van der Waals surface area contributed by atoms with Crippen LogP contribution in [-0.4, -0.2) is 22.3 Å². The molecule has 0 bridgehead atoms. The van der Waals surface area contributed by atoms with Crippen LogP contribution < -0.4 is 0 Å². The molecular weight excluding hydrogens is 506 g/mol. The number of carbonyl (C=O) groups excluding carboxylic acids is 2. The third kappa shape index (κ3) is 4.66. The van der Waals surface area contributed by atoms with E-state index < -0.39 is 23.6 Å². The van der Waals surface area contributed by atoms with E-state index in [-0.39, 0.29) is 6.42 Å². The Morgan fingerprint density at radius 1 is 0.800 bits per heavy atom. The second-order valence-electron chi connectivity index (χ2n) is 8.95. The molecule has 0 spiro atoms. The number of hydrogen-bond donors (Lipinski definition) is 0. The maximum absolute atomic E-state index is 12.8. The molecule has 4 aromatic rings. The van der Waals surface area contributed by atoms with E-state index in [2.05, 4.69) is 38.7 Å². The van der Waals surface area contributed by atoms with Gasteiger partial charge in [0.25, 0.3) is 5.79 Å². The van der Waals surface area contributed by atoms with Crippen LogP contribution in [0.5, 0.6) is 0 Å². The van der Waals surface area contributed by atoms with Crippen LogP contribution in [0.4, 0.5) is 0 Å². The Hall–Kier alpha value is -3.64. The number of ether oxygens (including phenoxy) is 2. The minimum Gasteiger partial charge on any atom is -0.422 e. The first-order valence-electron chi connectivity index (χ1n) is 11.4. The molecule has 0 amide bonds. The Balaban J connectivity index is 1.72. The van der Waals surface area contributed by atoms with Gasteiger partial charge in [-0.05, 0) is 53.4 Å². The molecule has 5 nitrogen and oxygen atoms in total. The van der Waals surface area contributed by atoms with Gasteiger partial charge in [-0.2, -0.15) is 0 Å². The summed E-state index contributed by atoms with van der Waals surface area (Å²) in [5.74, 6) is -3.42. The molecule has 1 aliphatic heterocycles. The molecule has 5 rings (SSSR count). The number of carbonyl (C=O) groups is 2. The molecule has 0 N–H and O–H groups in total. The lowest BCUT2D eigenvalue weighted by atomic mass is 9.95. The molecule has 176 valence electrons. The zero-order valence-corrected chi connectivity index (χ0v) is 21.0. The highest BCUT2D eigenvalue weighted by molar-refractivity contribution is 9.10. The summed E-state index contributed by atoms with van der Waals surface area (Å²) < 4.78 is 14.0. The van der Waals surface area contributed by atoms with Crippen LogP contribution in [0.15, 0.2) is 95.5 Å². The average Bonchev–Trinajstić information content (AvgIpc) is 3.22. The third-order valence-corrected chi connectivity index (χ3v) is 6.50. The van der Waals surface area contributed by atoms with E-state index in [1.165, 1.54) is 0 Å². The molecule has 3 aromatic carbocycles. The van der Waals surface area contributed by atoms with Gasteiger partial charge in [0.1, 0.15) is 0 Å². The van der Waals surface area contributed by atoms with E-state index in [4.69, 9.17) is 9.47 Å².